The molecule has 1 amide bonds. The third kappa shape index (κ3) is 4.58. The molecule has 0 radical (unpaired) electrons. The molecule has 1 aromatic heterocycles. The highest BCUT2D eigenvalue weighted by molar-refractivity contribution is 6.48. The molecule has 184 valence electrons. The lowest BCUT2D eigenvalue weighted by Gasteiger charge is -2.26. The van der Waals surface area contributed by atoms with Gasteiger partial charge in [0.25, 0.3) is 5.91 Å². The van der Waals surface area contributed by atoms with Crippen molar-refractivity contribution in [2.24, 2.45) is 5.92 Å². The van der Waals surface area contributed by atoms with Crippen molar-refractivity contribution in [2.45, 2.75) is 32.7 Å². The second kappa shape index (κ2) is 9.90. The van der Waals surface area contributed by atoms with E-state index in [1.165, 1.54) is 4.90 Å². The molecule has 1 fully saturated rings. The van der Waals surface area contributed by atoms with Gasteiger partial charge in [-0.05, 0) is 47.2 Å². The van der Waals surface area contributed by atoms with E-state index in [1.807, 2.05) is 66.7 Å². The summed E-state index contributed by atoms with van der Waals surface area (Å²) in [4.78, 5) is 41.7. The highest BCUT2D eigenvalue weighted by atomic mass is 16.2. The second-order valence-electron chi connectivity index (χ2n) is 9.62. The van der Waals surface area contributed by atoms with Crippen LogP contribution in [-0.4, -0.2) is 27.7 Å². The van der Waals surface area contributed by atoms with Crippen LogP contribution >= 0.6 is 0 Å². The monoisotopic (exact) mass is 489 g/mol. The van der Waals surface area contributed by atoms with E-state index in [-0.39, 0.29) is 11.6 Å². The average molecular weight is 490 g/mol. The smallest absolute Gasteiger partial charge is 0.293 e. The van der Waals surface area contributed by atoms with Gasteiger partial charge in [-0.3, -0.25) is 19.3 Å². The first-order chi connectivity index (χ1) is 17.8. The lowest BCUT2D eigenvalue weighted by atomic mass is 9.85. The summed E-state index contributed by atoms with van der Waals surface area (Å²) in [6.45, 7) is 5.94. The van der Waals surface area contributed by atoms with E-state index in [0.29, 0.717) is 22.7 Å². The van der Waals surface area contributed by atoms with Crippen molar-refractivity contribution in [3.05, 3.63) is 113 Å². The van der Waals surface area contributed by atoms with E-state index in [9.17, 15) is 14.4 Å². The number of nitrogens with zero attached hydrogens (tertiary/aromatic N) is 3. The molecule has 0 aliphatic carbocycles. The molecular formula is C31H27N3O3. The van der Waals surface area contributed by atoms with Gasteiger partial charge in [0, 0.05) is 5.56 Å². The molecule has 1 aliphatic heterocycles. The van der Waals surface area contributed by atoms with Gasteiger partial charge in [-0.2, -0.15) is 5.10 Å². The molecule has 2 heterocycles. The van der Waals surface area contributed by atoms with Gasteiger partial charge in [0.2, 0.25) is 5.78 Å². The molecule has 6 heteroatoms. The summed E-state index contributed by atoms with van der Waals surface area (Å²) in [5, 5.41) is 8.25. The van der Waals surface area contributed by atoms with Crippen molar-refractivity contribution >= 4 is 23.3 Å². The van der Waals surface area contributed by atoms with E-state index in [1.54, 1.807) is 31.2 Å². The molecule has 0 saturated carbocycles. The standard InChI is InChI=1S/C31H27N3O3/c1-19(2)21-10-16-25(17-11-21)29(35)27-28(24-14-12-23(13-15-24)22-7-5-4-6-8-22)34(31(37)30(27)36)26-18-9-20(3)32-33-26/h4-19,27-28H,1-3H3. The molecule has 1 aliphatic rings. The highest BCUT2D eigenvalue weighted by Crippen LogP contribution is 2.41. The number of ketones is 2. The fourth-order valence-electron chi connectivity index (χ4n) is 4.76. The zero-order valence-electron chi connectivity index (χ0n) is 21.0. The van der Waals surface area contributed by atoms with Crippen molar-refractivity contribution in [1.82, 2.24) is 10.2 Å². The molecule has 0 bridgehead atoms. The Kier molecular flexibility index (Phi) is 6.49. The number of anilines is 1. The van der Waals surface area contributed by atoms with Crippen LogP contribution < -0.4 is 4.90 Å². The maximum Gasteiger partial charge on any atom is 0.297 e. The summed E-state index contributed by atoms with van der Waals surface area (Å²) >= 11 is 0. The number of carbonyl (C=O) groups is 3. The Hall–Kier alpha value is -4.45. The summed E-state index contributed by atoms with van der Waals surface area (Å²) in [7, 11) is 0. The molecule has 6 nitrogen and oxygen atoms in total. The van der Waals surface area contributed by atoms with Gasteiger partial charge in [0.05, 0.1) is 11.7 Å². The Morgan fingerprint density at radius 3 is 2.03 bits per heavy atom. The normalized spacial score (nSPS) is 17.5. The summed E-state index contributed by atoms with van der Waals surface area (Å²) in [6.07, 6.45) is 0. The Bertz CT molecular complexity index is 1440. The van der Waals surface area contributed by atoms with Crippen molar-refractivity contribution in [2.75, 3.05) is 4.90 Å². The van der Waals surface area contributed by atoms with Gasteiger partial charge in [-0.1, -0.05) is 92.7 Å². The molecule has 5 rings (SSSR count). The fourth-order valence-corrected chi connectivity index (χ4v) is 4.76. The Balaban J connectivity index is 1.58. The first-order valence-corrected chi connectivity index (χ1v) is 12.3. The molecule has 1 saturated heterocycles. The van der Waals surface area contributed by atoms with Crippen LogP contribution in [0, 0.1) is 12.8 Å². The van der Waals surface area contributed by atoms with E-state index in [2.05, 4.69) is 24.0 Å². The highest BCUT2D eigenvalue weighted by Gasteiger charge is 2.52. The number of amides is 1. The number of hydrogen-bond donors (Lipinski definition) is 0. The van der Waals surface area contributed by atoms with Crippen molar-refractivity contribution in [1.29, 1.82) is 0 Å². The van der Waals surface area contributed by atoms with Gasteiger partial charge in [-0.15, -0.1) is 5.10 Å². The number of Topliss-reactive ketones (excluding diaryl/α,β-unsaturated/α-hetero) is 2. The van der Waals surface area contributed by atoms with Crippen LogP contribution in [0.15, 0.2) is 91.0 Å². The summed E-state index contributed by atoms with van der Waals surface area (Å²) in [5.41, 5.74) is 4.90. The molecule has 4 aromatic rings. The van der Waals surface area contributed by atoms with Crippen molar-refractivity contribution < 1.29 is 14.4 Å². The topological polar surface area (TPSA) is 80.2 Å². The summed E-state index contributed by atoms with van der Waals surface area (Å²) in [6, 6.07) is 27.4. The number of aromatic nitrogens is 2. The Labute approximate surface area is 216 Å². The minimum Gasteiger partial charge on any atom is -0.293 e. The maximum atomic E-state index is 13.8. The van der Waals surface area contributed by atoms with E-state index >= 15 is 0 Å². The minimum absolute atomic E-state index is 0.242. The number of hydrogen-bond acceptors (Lipinski definition) is 5. The average Bonchev–Trinajstić information content (AvgIpc) is 3.19. The van der Waals surface area contributed by atoms with Crippen LogP contribution in [0.3, 0.4) is 0 Å². The van der Waals surface area contributed by atoms with Crippen LogP contribution in [0.4, 0.5) is 5.82 Å². The first kappa shape index (κ1) is 24.3. The molecule has 2 unspecified atom stereocenters. The summed E-state index contributed by atoms with van der Waals surface area (Å²) < 4.78 is 0. The molecule has 0 N–H and O–H groups in total. The summed E-state index contributed by atoms with van der Waals surface area (Å²) in [5.74, 6) is -2.52. The van der Waals surface area contributed by atoms with Gasteiger partial charge < -0.3 is 0 Å². The van der Waals surface area contributed by atoms with E-state index in [0.717, 1.165) is 16.7 Å². The number of benzene rings is 3. The zero-order valence-corrected chi connectivity index (χ0v) is 21.0. The maximum absolute atomic E-state index is 13.8. The van der Waals surface area contributed by atoms with Crippen molar-refractivity contribution in [3.63, 3.8) is 0 Å². The predicted octanol–water partition coefficient (Wildman–Crippen LogP) is 5.73. The SMILES string of the molecule is Cc1ccc(N2C(=O)C(=O)C(C(=O)c3ccc(C(C)C)cc3)C2c2ccc(-c3ccccc3)cc2)nn1. The lowest BCUT2D eigenvalue weighted by Crippen LogP contribution is -2.31. The number of rotatable bonds is 6. The van der Waals surface area contributed by atoms with Gasteiger partial charge in [0.15, 0.2) is 11.6 Å². The van der Waals surface area contributed by atoms with Crippen LogP contribution in [0.25, 0.3) is 11.1 Å². The molecule has 0 spiro atoms. The minimum atomic E-state index is -1.19. The second-order valence-corrected chi connectivity index (χ2v) is 9.62. The Morgan fingerprint density at radius 1 is 0.784 bits per heavy atom. The van der Waals surface area contributed by atoms with Crippen molar-refractivity contribution in [3.8, 4) is 11.1 Å². The van der Waals surface area contributed by atoms with E-state index < -0.39 is 23.7 Å². The molecule has 3 aromatic carbocycles. The zero-order chi connectivity index (χ0) is 26.1. The van der Waals surface area contributed by atoms with Crippen LogP contribution in [0.5, 0.6) is 0 Å². The first-order valence-electron chi connectivity index (χ1n) is 12.3. The quantitative estimate of drug-likeness (QED) is 0.196. The predicted molar refractivity (Wildman–Crippen MR) is 142 cm³/mol. The molecule has 2 atom stereocenters. The lowest BCUT2D eigenvalue weighted by molar-refractivity contribution is -0.135. The largest absolute Gasteiger partial charge is 0.297 e. The third-order valence-electron chi connectivity index (χ3n) is 6.84. The fraction of sp³-hybridized carbons (Fsp3) is 0.194. The van der Waals surface area contributed by atoms with Crippen LogP contribution in [0.1, 0.15) is 53.0 Å². The number of carbonyl (C=O) groups excluding carboxylic acids is 3. The van der Waals surface area contributed by atoms with Crippen LogP contribution in [0.2, 0.25) is 0 Å². The van der Waals surface area contributed by atoms with E-state index in [4.69, 9.17) is 0 Å². The van der Waals surface area contributed by atoms with Gasteiger partial charge in [0.1, 0.15) is 5.92 Å². The van der Waals surface area contributed by atoms with Gasteiger partial charge in [-0.25, -0.2) is 0 Å². The molecule has 37 heavy (non-hydrogen) atoms. The molecular weight excluding hydrogens is 462 g/mol. The van der Waals surface area contributed by atoms with Gasteiger partial charge >= 0.3 is 0 Å². The Morgan fingerprint density at radius 2 is 1.43 bits per heavy atom. The third-order valence-corrected chi connectivity index (χ3v) is 6.84. The van der Waals surface area contributed by atoms with Crippen LogP contribution in [-0.2, 0) is 9.59 Å². The number of aryl methyl sites for hydroxylation is 1.